The molecule has 0 spiro atoms. The van der Waals surface area contributed by atoms with E-state index in [1.54, 1.807) is 27.4 Å². The average molecular weight is 504 g/mol. The molecule has 4 rings (SSSR count). The first kappa shape index (κ1) is 24.8. The van der Waals surface area contributed by atoms with Crippen LogP contribution in [-0.2, 0) is 4.79 Å². The molecule has 36 heavy (non-hydrogen) atoms. The zero-order valence-electron chi connectivity index (χ0n) is 20.0. The summed E-state index contributed by atoms with van der Waals surface area (Å²) in [6.45, 7) is 0. The van der Waals surface area contributed by atoms with Gasteiger partial charge in [-0.1, -0.05) is 36.0 Å². The van der Waals surface area contributed by atoms with Crippen molar-refractivity contribution in [2.24, 2.45) is 5.10 Å². The van der Waals surface area contributed by atoms with Crippen molar-refractivity contribution in [3.63, 3.8) is 0 Å². The molecule has 0 unspecified atom stereocenters. The quantitative estimate of drug-likeness (QED) is 0.197. The molecule has 0 saturated carbocycles. The molecule has 1 N–H and O–H groups in total. The number of thioether (sulfide) groups is 1. The lowest BCUT2D eigenvalue weighted by Crippen LogP contribution is -2.20. The Hall–Kier alpha value is -4.31. The Labute approximate surface area is 213 Å². The number of aromatic nitrogens is 3. The second-order valence-corrected chi connectivity index (χ2v) is 8.31. The van der Waals surface area contributed by atoms with Crippen molar-refractivity contribution >= 4 is 23.9 Å². The van der Waals surface area contributed by atoms with Gasteiger partial charge in [-0.3, -0.25) is 9.36 Å². The van der Waals surface area contributed by atoms with Crippen molar-refractivity contribution in [2.45, 2.75) is 5.16 Å². The maximum absolute atomic E-state index is 12.5. The minimum atomic E-state index is -0.285. The fourth-order valence-electron chi connectivity index (χ4n) is 3.45. The lowest BCUT2D eigenvalue weighted by atomic mass is 10.2. The molecule has 0 aliphatic carbocycles. The van der Waals surface area contributed by atoms with Crippen molar-refractivity contribution in [3.05, 3.63) is 78.4 Å². The van der Waals surface area contributed by atoms with Crippen molar-refractivity contribution in [1.29, 1.82) is 0 Å². The summed E-state index contributed by atoms with van der Waals surface area (Å²) in [6, 6.07) is 22.8. The highest BCUT2D eigenvalue weighted by molar-refractivity contribution is 7.99. The Morgan fingerprint density at radius 3 is 2.42 bits per heavy atom. The molecule has 0 fully saturated rings. The van der Waals surface area contributed by atoms with Gasteiger partial charge in [0.2, 0.25) is 0 Å². The molecule has 1 heterocycles. The summed E-state index contributed by atoms with van der Waals surface area (Å²) >= 11 is 1.27. The number of hydrogen-bond donors (Lipinski definition) is 1. The first-order chi connectivity index (χ1) is 17.6. The van der Waals surface area contributed by atoms with Crippen LogP contribution in [0.5, 0.6) is 17.2 Å². The molecule has 3 aromatic carbocycles. The van der Waals surface area contributed by atoms with Crippen molar-refractivity contribution < 1.29 is 19.0 Å². The van der Waals surface area contributed by atoms with Gasteiger partial charge in [0.15, 0.2) is 22.5 Å². The number of ether oxygens (including phenoxy) is 3. The fourth-order valence-corrected chi connectivity index (χ4v) is 4.19. The molecule has 0 aliphatic heterocycles. The molecule has 0 saturated heterocycles. The first-order valence-electron chi connectivity index (χ1n) is 11.0. The number of benzene rings is 3. The Morgan fingerprint density at radius 2 is 1.72 bits per heavy atom. The number of rotatable bonds is 10. The predicted octanol–water partition coefficient (Wildman–Crippen LogP) is 4.20. The predicted molar refractivity (Wildman–Crippen MR) is 139 cm³/mol. The maximum atomic E-state index is 12.5. The number of methoxy groups -OCH3 is 3. The lowest BCUT2D eigenvalue weighted by Gasteiger charge is -2.10. The minimum Gasteiger partial charge on any atom is -0.497 e. The summed E-state index contributed by atoms with van der Waals surface area (Å²) in [5.41, 5.74) is 4.98. The molecule has 0 aliphatic rings. The van der Waals surface area contributed by atoms with Crippen LogP contribution < -0.4 is 19.6 Å². The smallest absolute Gasteiger partial charge is 0.250 e. The van der Waals surface area contributed by atoms with Gasteiger partial charge in [-0.05, 0) is 48.5 Å². The Bertz CT molecular complexity index is 1340. The summed E-state index contributed by atoms with van der Waals surface area (Å²) < 4.78 is 17.8. The molecule has 0 bridgehead atoms. The van der Waals surface area contributed by atoms with Crippen molar-refractivity contribution in [1.82, 2.24) is 20.2 Å². The van der Waals surface area contributed by atoms with Crippen LogP contribution in [0.25, 0.3) is 17.1 Å². The van der Waals surface area contributed by atoms with Crippen LogP contribution in [0.3, 0.4) is 0 Å². The number of nitrogens with one attached hydrogen (secondary N) is 1. The van der Waals surface area contributed by atoms with Gasteiger partial charge in [0.1, 0.15) is 5.75 Å². The average Bonchev–Trinajstić information content (AvgIpc) is 3.36. The second kappa shape index (κ2) is 11.9. The highest BCUT2D eigenvalue weighted by Gasteiger charge is 2.17. The van der Waals surface area contributed by atoms with E-state index >= 15 is 0 Å². The van der Waals surface area contributed by atoms with Gasteiger partial charge in [0, 0.05) is 16.8 Å². The molecular weight excluding hydrogens is 478 g/mol. The van der Waals surface area contributed by atoms with E-state index < -0.39 is 0 Å². The van der Waals surface area contributed by atoms with Crippen LogP contribution in [0.4, 0.5) is 0 Å². The summed E-state index contributed by atoms with van der Waals surface area (Å²) in [4.78, 5) is 12.5. The Balaban J connectivity index is 1.49. The van der Waals surface area contributed by atoms with E-state index in [0.717, 1.165) is 17.0 Å². The van der Waals surface area contributed by atoms with E-state index in [4.69, 9.17) is 14.2 Å². The van der Waals surface area contributed by atoms with Gasteiger partial charge in [0.05, 0.1) is 33.3 Å². The Kier molecular flexibility index (Phi) is 8.20. The van der Waals surface area contributed by atoms with E-state index in [-0.39, 0.29) is 11.7 Å². The van der Waals surface area contributed by atoms with Gasteiger partial charge >= 0.3 is 0 Å². The first-order valence-corrected chi connectivity index (χ1v) is 11.9. The van der Waals surface area contributed by atoms with Crippen LogP contribution in [0.1, 0.15) is 5.56 Å². The SMILES string of the molecule is COc1ccc(-c2nnc(SCC(=O)N/N=C\c3cccc(OC)c3OC)n2-c2ccccc2)cc1. The fraction of sp³-hybridized carbons (Fsp3) is 0.154. The van der Waals surface area contributed by atoms with Crippen LogP contribution >= 0.6 is 11.8 Å². The van der Waals surface area contributed by atoms with E-state index in [9.17, 15) is 4.79 Å². The maximum Gasteiger partial charge on any atom is 0.250 e. The third-order valence-corrected chi connectivity index (χ3v) is 6.08. The molecule has 4 aromatic rings. The lowest BCUT2D eigenvalue weighted by molar-refractivity contribution is -0.118. The van der Waals surface area contributed by atoms with E-state index in [2.05, 4.69) is 20.7 Å². The summed E-state index contributed by atoms with van der Waals surface area (Å²) in [6.07, 6.45) is 1.51. The molecule has 1 amide bonds. The normalized spacial score (nSPS) is 10.9. The summed E-state index contributed by atoms with van der Waals surface area (Å²) in [5, 5.41) is 13.4. The monoisotopic (exact) mass is 503 g/mol. The van der Waals surface area contributed by atoms with E-state index in [1.807, 2.05) is 71.3 Å². The third-order valence-electron chi connectivity index (χ3n) is 5.15. The molecular formula is C26H25N5O4S. The topological polar surface area (TPSA) is 99.9 Å². The number of carbonyl (C=O) groups excluding carboxylic acids is 1. The third kappa shape index (κ3) is 5.66. The largest absolute Gasteiger partial charge is 0.497 e. The van der Waals surface area contributed by atoms with Crippen LogP contribution in [0, 0.1) is 0 Å². The van der Waals surface area contributed by atoms with Gasteiger partial charge in [-0.25, -0.2) is 5.43 Å². The minimum absolute atomic E-state index is 0.0974. The molecule has 9 nitrogen and oxygen atoms in total. The van der Waals surface area contributed by atoms with Crippen LogP contribution in [0.15, 0.2) is 83.1 Å². The number of nitrogens with zero attached hydrogens (tertiary/aromatic N) is 4. The van der Waals surface area contributed by atoms with E-state index in [0.29, 0.717) is 28.0 Å². The number of hydrogen-bond acceptors (Lipinski definition) is 8. The van der Waals surface area contributed by atoms with Gasteiger partial charge in [0.25, 0.3) is 5.91 Å². The second-order valence-electron chi connectivity index (χ2n) is 7.37. The zero-order valence-corrected chi connectivity index (χ0v) is 20.9. The molecule has 184 valence electrons. The van der Waals surface area contributed by atoms with Gasteiger partial charge in [-0.15, -0.1) is 10.2 Å². The van der Waals surface area contributed by atoms with Gasteiger partial charge in [-0.2, -0.15) is 5.10 Å². The standard InChI is InChI=1S/C26H25N5O4S/c1-33-21-14-12-18(13-15-21)25-29-30-26(31(25)20-9-5-4-6-10-20)36-17-23(32)28-27-16-19-8-7-11-22(34-2)24(19)35-3/h4-16H,17H2,1-3H3,(H,28,32)/b27-16-. The zero-order chi connectivity index (χ0) is 25.3. The van der Waals surface area contributed by atoms with Crippen molar-refractivity contribution in [2.75, 3.05) is 27.1 Å². The Morgan fingerprint density at radius 1 is 0.944 bits per heavy atom. The highest BCUT2D eigenvalue weighted by Crippen LogP contribution is 2.30. The molecule has 0 atom stereocenters. The van der Waals surface area contributed by atoms with Gasteiger partial charge < -0.3 is 14.2 Å². The molecule has 0 radical (unpaired) electrons. The molecule has 1 aromatic heterocycles. The number of hydrazone groups is 1. The number of para-hydroxylation sites is 2. The number of carbonyl (C=O) groups is 1. The van der Waals surface area contributed by atoms with Crippen LogP contribution in [-0.4, -0.2) is 54.0 Å². The summed E-state index contributed by atoms with van der Waals surface area (Å²) in [5.74, 6) is 2.34. The molecule has 10 heteroatoms. The number of amides is 1. The highest BCUT2D eigenvalue weighted by atomic mass is 32.2. The summed E-state index contributed by atoms with van der Waals surface area (Å²) in [7, 11) is 4.73. The van der Waals surface area contributed by atoms with E-state index in [1.165, 1.54) is 18.0 Å². The van der Waals surface area contributed by atoms with Crippen molar-refractivity contribution in [3.8, 4) is 34.3 Å². The van der Waals surface area contributed by atoms with Crippen LogP contribution in [0.2, 0.25) is 0 Å².